The van der Waals surface area contributed by atoms with Gasteiger partial charge in [0.1, 0.15) is 5.92 Å². The predicted octanol–water partition coefficient (Wildman–Crippen LogP) is 4.89. The first kappa shape index (κ1) is 18.8. The zero-order valence-corrected chi connectivity index (χ0v) is 17.2. The molecule has 6 rings (SSSR count). The van der Waals surface area contributed by atoms with E-state index in [1.54, 1.807) is 5.06 Å². The van der Waals surface area contributed by atoms with Crippen LogP contribution < -0.4 is 9.96 Å². The molecule has 2 aliphatic heterocycles. The summed E-state index contributed by atoms with van der Waals surface area (Å²) in [5.74, 6) is -1.19. The molecule has 4 aromatic rings. The number of carbonyl (C=O) groups is 2. The van der Waals surface area contributed by atoms with Crippen LogP contribution in [0.1, 0.15) is 11.6 Å². The van der Waals surface area contributed by atoms with Crippen molar-refractivity contribution < 1.29 is 14.4 Å². The van der Waals surface area contributed by atoms with Gasteiger partial charge in [-0.2, -0.15) is 0 Å². The molecule has 32 heavy (non-hydrogen) atoms. The third-order valence-corrected chi connectivity index (χ3v) is 6.27. The molecule has 2 fully saturated rings. The molecule has 5 nitrogen and oxygen atoms in total. The largest absolute Gasteiger partial charge is 0.273 e. The van der Waals surface area contributed by atoms with Crippen LogP contribution in [0.4, 0.5) is 11.4 Å². The SMILES string of the molecule is O=C1[C@@H]2ON(c3ccccc3)C(c3ccccc3)[C@@H]2C(=O)N1c1cccc2ccccc12. The van der Waals surface area contributed by atoms with Crippen LogP contribution in [-0.2, 0) is 14.4 Å². The lowest BCUT2D eigenvalue weighted by molar-refractivity contribution is -0.126. The molecule has 2 aliphatic rings. The van der Waals surface area contributed by atoms with Crippen LogP contribution in [0.2, 0.25) is 0 Å². The molecule has 156 valence electrons. The van der Waals surface area contributed by atoms with Crippen molar-refractivity contribution in [2.75, 3.05) is 9.96 Å². The number of imide groups is 1. The molecular formula is C27H20N2O3. The molecule has 0 aliphatic carbocycles. The molecule has 3 atom stereocenters. The van der Waals surface area contributed by atoms with Crippen LogP contribution in [0.25, 0.3) is 10.8 Å². The Morgan fingerprint density at radius 3 is 2.09 bits per heavy atom. The fourth-order valence-corrected chi connectivity index (χ4v) is 4.84. The second-order valence-corrected chi connectivity index (χ2v) is 8.08. The Bertz CT molecular complexity index is 1320. The number of nitrogens with zero attached hydrogens (tertiary/aromatic N) is 2. The first-order valence-electron chi connectivity index (χ1n) is 10.7. The first-order chi connectivity index (χ1) is 15.7. The van der Waals surface area contributed by atoms with Gasteiger partial charge in [0.15, 0.2) is 6.10 Å². The number of fused-ring (bicyclic) bond motifs is 2. The predicted molar refractivity (Wildman–Crippen MR) is 123 cm³/mol. The molecule has 0 bridgehead atoms. The van der Waals surface area contributed by atoms with E-state index in [9.17, 15) is 9.59 Å². The van der Waals surface area contributed by atoms with E-state index >= 15 is 0 Å². The topological polar surface area (TPSA) is 49.9 Å². The van der Waals surface area contributed by atoms with Gasteiger partial charge in [-0.1, -0.05) is 84.9 Å². The lowest BCUT2D eigenvalue weighted by Gasteiger charge is -2.29. The normalized spacial score (nSPS) is 22.6. The van der Waals surface area contributed by atoms with E-state index < -0.39 is 18.1 Å². The van der Waals surface area contributed by atoms with Crippen molar-refractivity contribution in [3.05, 3.63) is 109 Å². The van der Waals surface area contributed by atoms with Crippen LogP contribution >= 0.6 is 0 Å². The van der Waals surface area contributed by atoms with Gasteiger partial charge in [0.05, 0.1) is 17.4 Å². The third-order valence-electron chi connectivity index (χ3n) is 6.27. The average molecular weight is 420 g/mol. The van der Waals surface area contributed by atoms with Crippen LogP contribution in [-0.4, -0.2) is 17.9 Å². The monoisotopic (exact) mass is 420 g/mol. The van der Waals surface area contributed by atoms with Crippen molar-refractivity contribution in [3.63, 3.8) is 0 Å². The second kappa shape index (κ2) is 7.32. The lowest BCUT2D eigenvalue weighted by atomic mass is 9.90. The number of amides is 2. The summed E-state index contributed by atoms with van der Waals surface area (Å²) in [5.41, 5.74) is 2.35. The Morgan fingerprint density at radius 2 is 1.31 bits per heavy atom. The molecule has 1 unspecified atom stereocenters. The summed E-state index contributed by atoms with van der Waals surface area (Å²) in [6, 6.07) is 32.4. The van der Waals surface area contributed by atoms with E-state index in [4.69, 9.17) is 4.84 Å². The zero-order valence-electron chi connectivity index (χ0n) is 17.2. The molecular weight excluding hydrogens is 400 g/mol. The summed E-state index contributed by atoms with van der Waals surface area (Å²) in [5, 5.41) is 3.57. The quantitative estimate of drug-likeness (QED) is 0.443. The summed E-state index contributed by atoms with van der Waals surface area (Å²) < 4.78 is 0. The molecule has 5 heteroatoms. The maximum absolute atomic E-state index is 13.8. The number of hydrogen-bond acceptors (Lipinski definition) is 4. The maximum atomic E-state index is 13.8. The van der Waals surface area contributed by atoms with Gasteiger partial charge in [0, 0.05) is 5.39 Å². The average Bonchev–Trinajstić information content (AvgIpc) is 3.36. The molecule has 0 aromatic heterocycles. The number of carbonyl (C=O) groups excluding carboxylic acids is 2. The zero-order chi connectivity index (χ0) is 21.7. The minimum absolute atomic E-state index is 0.233. The number of hydroxylamine groups is 1. The van der Waals surface area contributed by atoms with Crippen molar-refractivity contribution in [1.82, 2.24) is 0 Å². The van der Waals surface area contributed by atoms with Crippen LogP contribution in [0.3, 0.4) is 0 Å². The van der Waals surface area contributed by atoms with Gasteiger partial charge in [0.2, 0.25) is 5.91 Å². The number of anilines is 2. The lowest BCUT2D eigenvalue weighted by Crippen LogP contribution is -2.37. The number of rotatable bonds is 3. The van der Waals surface area contributed by atoms with Crippen molar-refractivity contribution >= 4 is 34.0 Å². The van der Waals surface area contributed by atoms with E-state index in [0.29, 0.717) is 5.69 Å². The molecule has 4 aromatic carbocycles. The number of para-hydroxylation sites is 1. The van der Waals surface area contributed by atoms with Gasteiger partial charge in [-0.25, -0.2) is 9.96 Å². The summed E-state index contributed by atoms with van der Waals surface area (Å²) in [4.78, 5) is 34.9. The summed E-state index contributed by atoms with van der Waals surface area (Å²) >= 11 is 0. The van der Waals surface area contributed by atoms with Gasteiger partial charge in [-0.3, -0.25) is 14.4 Å². The second-order valence-electron chi connectivity index (χ2n) is 8.08. The van der Waals surface area contributed by atoms with Crippen LogP contribution in [0.5, 0.6) is 0 Å². The number of hydrogen-bond donors (Lipinski definition) is 0. The van der Waals surface area contributed by atoms with Crippen LogP contribution in [0.15, 0.2) is 103 Å². The summed E-state index contributed by atoms with van der Waals surface area (Å²) in [6.45, 7) is 0. The van der Waals surface area contributed by atoms with Gasteiger partial charge in [-0.15, -0.1) is 0 Å². The third kappa shape index (κ3) is 2.75. The maximum Gasteiger partial charge on any atom is 0.266 e. The Labute approximate surface area is 185 Å². The van der Waals surface area contributed by atoms with Crippen molar-refractivity contribution in [1.29, 1.82) is 0 Å². The van der Waals surface area contributed by atoms with Gasteiger partial charge < -0.3 is 0 Å². The molecule has 0 N–H and O–H groups in total. The highest BCUT2D eigenvalue weighted by molar-refractivity contribution is 6.26. The molecule has 0 spiro atoms. The summed E-state index contributed by atoms with van der Waals surface area (Å²) in [7, 11) is 0. The van der Waals surface area contributed by atoms with Gasteiger partial charge >= 0.3 is 0 Å². The van der Waals surface area contributed by atoms with Crippen molar-refractivity contribution in [2.24, 2.45) is 5.92 Å². The van der Waals surface area contributed by atoms with Crippen LogP contribution in [0, 0.1) is 5.92 Å². The number of benzene rings is 4. The highest BCUT2D eigenvalue weighted by Gasteiger charge is 2.60. The Balaban J connectivity index is 1.47. The Kier molecular flexibility index (Phi) is 4.30. The minimum atomic E-state index is -0.869. The molecule has 0 saturated carbocycles. The fourth-order valence-electron chi connectivity index (χ4n) is 4.84. The summed E-state index contributed by atoms with van der Waals surface area (Å²) in [6.07, 6.45) is -0.869. The molecule has 2 saturated heterocycles. The first-order valence-corrected chi connectivity index (χ1v) is 10.7. The molecule has 2 heterocycles. The van der Waals surface area contributed by atoms with Gasteiger partial charge in [0.25, 0.3) is 5.91 Å². The molecule has 2 amide bonds. The van der Waals surface area contributed by atoms with E-state index in [2.05, 4.69) is 0 Å². The van der Waals surface area contributed by atoms with Crippen molar-refractivity contribution in [3.8, 4) is 0 Å². The smallest absolute Gasteiger partial charge is 0.266 e. The Hall–Kier alpha value is -3.96. The van der Waals surface area contributed by atoms with E-state index in [0.717, 1.165) is 22.0 Å². The van der Waals surface area contributed by atoms with E-state index in [-0.39, 0.29) is 11.8 Å². The molecule has 0 radical (unpaired) electrons. The Morgan fingerprint density at radius 1 is 0.656 bits per heavy atom. The highest BCUT2D eigenvalue weighted by Crippen LogP contribution is 2.48. The fraction of sp³-hybridized carbons (Fsp3) is 0.111. The standard InChI is InChI=1S/C27H20N2O3/c30-26-23-24(19-11-3-1-4-12-19)29(20-14-5-2-6-15-20)32-25(23)27(31)28(26)22-17-9-13-18-10-7-8-16-21(18)22/h1-17,23-25H/t23-,24?,25+/m0/s1. The van der Waals surface area contributed by atoms with E-state index in [1.807, 2.05) is 103 Å². The van der Waals surface area contributed by atoms with Crippen molar-refractivity contribution in [2.45, 2.75) is 12.1 Å². The van der Waals surface area contributed by atoms with E-state index in [1.165, 1.54) is 4.90 Å². The minimum Gasteiger partial charge on any atom is -0.273 e. The highest BCUT2D eigenvalue weighted by atomic mass is 16.7. The van der Waals surface area contributed by atoms with Gasteiger partial charge in [-0.05, 0) is 29.1 Å².